The topological polar surface area (TPSA) is 38.9 Å². The minimum absolute atomic E-state index is 0.311. The van der Waals surface area contributed by atoms with Crippen molar-refractivity contribution in [2.24, 2.45) is 5.73 Å². The maximum absolute atomic E-state index is 12.7. The third kappa shape index (κ3) is 1.66. The molecular formula is C9H9BrF2N2. The molecule has 2 N–H and O–H groups in total. The molecule has 0 aliphatic heterocycles. The van der Waals surface area contributed by atoms with Gasteiger partial charge in [-0.05, 0) is 28.1 Å². The van der Waals surface area contributed by atoms with E-state index in [4.69, 9.17) is 5.73 Å². The summed E-state index contributed by atoms with van der Waals surface area (Å²) >= 11 is 3.22. The fraction of sp³-hybridized carbons (Fsp3) is 0.444. The molecule has 2 nitrogen and oxygen atoms in total. The lowest BCUT2D eigenvalue weighted by Gasteiger charge is -2.43. The van der Waals surface area contributed by atoms with Crippen LogP contribution in [0, 0.1) is 0 Å². The number of alkyl halides is 2. The first-order chi connectivity index (χ1) is 6.41. The van der Waals surface area contributed by atoms with Crippen molar-refractivity contribution in [1.29, 1.82) is 0 Å². The first-order valence-electron chi connectivity index (χ1n) is 4.20. The van der Waals surface area contributed by atoms with Crippen LogP contribution in [0.3, 0.4) is 0 Å². The lowest BCUT2D eigenvalue weighted by molar-refractivity contribution is -0.126. The standard InChI is InChI=1S/C9H9BrF2N2/c10-6-1-2-7(14-3-6)8(13)4-9(11,12)5-8/h1-3H,4-5,13H2. The smallest absolute Gasteiger partial charge is 0.252 e. The highest BCUT2D eigenvalue weighted by atomic mass is 79.9. The van der Waals surface area contributed by atoms with E-state index < -0.39 is 11.5 Å². The second-order valence-corrected chi connectivity index (χ2v) is 4.64. The highest BCUT2D eigenvalue weighted by Gasteiger charge is 2.55. The van der Waals surface area contributed by atoms with E-state index in [0.29, 0.717) is 5.69 Å². The average molecular weight is 263 g/mol. The van der Waals surface area contributed by atoms with Gasteiger partial charge in [0.25, 0.3) is 5.92 Å². The Hall–Kier alpha value is -0.550. The van der Waals surface area contributed by atoms with E-state index in [1.54, 1.807) is 18.3 Å². The number of hydrogen-bond donors (Lipinski definition) is 1. The molecule has 1 aromatic rings. The van der Waals surface area contributed by atoms with Gasteiger partial charge < -0.3 is 5.73 Å². The maximum atomic E-state index is 12.7. The first-order valence-corrected chi connectivity index (χ1v) is 4.99. The van der Waals surface area contributed by atoms with Crippen LogP contribution in [0.1, 0.15) is 18.5 Å². The van der Waals surface area contributed by atoms with Crippen molar-refractivity contribution < 1.29 is 8.78 Å². The summed E-state index contributed by atoms with van der Waals surface area (Å²) in [6.45, 7) is 0. The molecule has 1 fully saturated rings. The van der Waals surface area contributed by atoms with Crippen LogP contribution in [0.2, 0.25) is 0 Å². The lowest BCUT2D eigenvalue weighted by Crippen LogP contribution is -2.55. The fourth-order valence-corrected chi connectivity index (χ4v) is 1.96. The summed E-state index contributed by atoms with van der Waals surface area (Å²) in [5.74, 6) is -2.62. The molecule has 1 aromatic heterocycles. The molecule has 1 saturated carbocycles. The number of nitrogens with two attached hydrogens (primary N) is 1. The molecular weight excluding hydrogens is 254 g/mol. The minimum Gasteiger partial charge on any atom is -0.320 e. The van der Waals surface area contributed by atoms with Gasteiger partial charge >= 0.3 is 0 Å². The molecule has 76 valence electrons. The fourth-order valence-electron chi connectivity index (χ4n) is 1.72. The van der Waals surface area contributed by atoms with Crippen molar-refractivity contribution >= 4 is 15.9 Å². The van der Waals surface area contributed by atoms with Gasteiger partial charge in [0.15, 0.2) is 0 Å². The van der Waals surface area contributed by atoms with Gasteiger partial charge in [-0.25, -0.2) is 8.78 Å². The van der Waals surface area contributed by atoms with E-state index in [9.17, 15) is 8.78 Å². The van der Waals surface area contributed by atoms with E-state index in [2.05, 4.69) is 20.9 Å². The van der Waals surface area contributed by atoms with Crippen molar-refractivity contribution in [1.82, 2.24) is 4.98 Å². The average Bonchev–Trinajstić information content (AvgIpc) is 2.01. The van der Waals surface area contributed by atoms with Gasteiger partial charge in [0.05, 0.1) is 11.2 Å². The summed E-state index contributed by atoms with van der Waals surface area (Å²) in [7, 11) is 0. The number of halogens is 3. The predicted molar refractivity (Wildman–Crippen MR) is 52.0 cm³/mol. The second kappa shape index (κ2) is 2.97. The van der Waals surface area contributed by atoms with E-state index in [0.717, 1.165) is 4.47 Å². The third-order valence-corrected chi connectivity index (χ3v) is 2.85. The Morgan fingerprint density at radius 3 is 2.43 bits per heavy atom. The Morgan fingerprint density at radius 1 is 1.36 bits per heavy atom. The molecule has 0 amide bonds. The number of aromatic nitrogens is 1. The monoisotopic (exact) mass is 262 g/mol. The summed E-state index contributed by atoms with van der Waals surface area (Å²) in [5, 5.41) is 0. The van der Waals surface area contributed by atoms with Crippen LogP contribution in [0.25, 0.3) is 0 Å². The Bertz CT molecular complexity index is 342. The molecule has 0 aromatic carbocycles. The highest BCUT2D eigenvalue weighted by molar-refractivity contribution is 9.10. The van der Waals surface area contributed by atoms with Gasteiger partial charge in [-0.3, -0.25) is 4.98 Å². The lowest BCUT2D eigenvalue weighted by atomic mass is 9.72. The van der Waals surface area contributed by atoms with Crippen molar-refractivity contribution in [3.05, 3.63) is 28.5 Å². The van der Waals surface area contributed by atoms with Crippen molar-refractivity contribution in [2.45, 2.75) is 24.3 Å². The Kier molecular flexibility index (Phi) is 2.12. The van der Waals surface area contributed by atoms with Crippen LogP contribution in [0.15, 0.2) is 22.8 Å². The van der Waals surface area contributed by atoms with Crippen molar-refractivity contribution in [3.63, 3.8) is 0 Å². The third-order valence-electron chi connectivity index (χ3n) is 2.39. The molecule has 14 heavy (non-hydrogen) atoms. The maximum Gasteiger partial charge on any atom is 0.252 e. The SMILES string of the molecule is NC1(c2ccc(Br)cn2)CC(F)(F)C1. The van der Waals surface area contributed by atoms with Gasteiger partial charge in [-0.2, -0.15) is 0 Å². The van der Waals surface area contributed by atoms with Crippen molar-refractivity contribution in [2.75, 3.05) is 0 Å². The molecule has 1 aliphatic rings. The van der Waals surface area contributed by atoms with Crippen LogP contribution < -0.4 is 5.73 Å². The summed E-state index contributed by atoms with van der Waals surface area (Å²) < 4.78 is 26.2. The van der Waals surface area contributed by atoms with Crippen LogP contribution in [-0.4, -0.2) is 10.9 Å². The molecule has 2 rings (SSSR count). The van der Waals surface area contributed by atoms with Gasteiger partial charge in [0.2, 0.25) is 0 Å². The summed E-state index contributed by atoms with van der Waals surface area (Å²) in [4.78, 5) is 4.03. The Labute approximate surface area is 88.6 Å². The molecule has 0 atom stereocenters. The van der Waals surface area contributed by atoms with Crippen LogP contribution in [0.5, 0.6) is 0 Å². The second-order valence-electron chi connectivity index (χ2n) is 3.73. The zero-order valence-corrected chi connectivity index (χ0v) is 8.89. The largest absolute Gasteiger partial charge is 0.320 e. The highest BCUT2D eigenvalue weighted by Crippen LogP contribution is 2.49. The van der Waals surface area contributed by atoms with Gasteiger partial charge in [-0.1, -0.05) is 0 Å². The molecule has 0 radical (unpaired) electrons. The molecule has 0 saturated heterocycles. The first kappa shape index (κ1) is 9.98. The zero-order chi connectivity index (χ0) is 10.4. The normalized spacial score (nSPS) is 22.9. The molecule has 5 heteroatoms. The molecule has 0 unspecified atom stereocenters. The van der Waals surface area contributed by atoms with Crippen LogP contribution in [0.4, 0.5) is 8.78 Å². The Balaban J connectivity index is 2.21. The van der Waals surface area contributed by atoms with E-state index in [-0.39, 0.29) is 12.8 Å². The van der Waals surface area contributed by atoms with Gasteiger partial charge in [0.1, 0.15) is 0 Å². The predicted octanol–water partition coefficient (Wildman–Crippen LogP) is 2.43. The quantitative estimate of drug-likeness (QED) is 0.845. The molecule has 0 bridgehead atoms. The van der Waals surface area contributed by atoms with E-state index >= 15 is 0 Å². The number of nitrogens with zero attached hydrogens (tertiary/aromatic N) is 1. The minimum atomic E-state index is -2.62. The van der Waals surface area contributed by atoms with Gasteiger partial charge in [0, 0.05) is 23.5 Å². The molecule has 1 heterocycles. The summed E-state index contributed by atoms with van der Waals surface area (Å²) in [6, 6.07) is 3.44. The summed E-state index contributed by atoms with van der Waals surface area (Å²) in [5.41, 5.74) is 5.39. The number of rotatable bonds is 1. The Morgan fingerprint density at radius 2 is 2.00 bits per heavy atom. The van der Waals surface area contributed by atoms with Gasteiger partial charge in [-0.15, -0.1) is 0 Å². The van der Waals surface area contributed by atoms with E-state index in [1.807, 2.05) is 0 Å². The van der Waals surface area contributed by atoms with E-state index in [1.165, 1.54) is 0 Å². The number of hydrogen-bond acceptors (Lipinski definition) is 2. The molecule has 0 spiro atoms. The van der Waals surface area contributed by atoms with Crippen LogP contribution in [-0.2, 0) is 5.54 Å². The molecule has 1 aliphatic carbocycles. The number of pyridine rings is 1. The zero-order valence-electron chi connectivity index (χ0n) is 7.30. The van der Waals surface area contributed by atoms with Crippen LogP contribution >= 0.6 is 15.9 Å². The van der Waals surface area contributed by atoms with Crippen molar-refractivity contribution in [3.8, 4) is 0 Å². The summed E-state index contributed by atoms with van der Waals surface area (Å²) in [6.07, 6.45) is 0.948.